The van der Waals surface area contributed by atoms with Crippen LogP contribution in [0.25, 0.3) is 0 Å². The van der Waals surface area contributed by atoms with E-state index < -0.39 is 5.97 Å². The van der Waals surface area contributed by atoms with Crippen LogP contribution in [0.5, 0.6) is 0 Å². The summed E-state index contributed by atoms with van der Waals surface area (Å²) >= 11 is 0. The van der Waals surface area contributed by atoms with E-state index in [4.69, 9.17) is 5.11 Å². The predicted molar refractivity (Wildman–Crippen MR) is 44.9 cm³/mol. The number of carboxylic acids is 1. The highest BCUT2D eigenvalue weighted by atomic mass is 16.4. The van der Waals surface area contributed by atoms with Crippen molar-refractivity contribution >= 4 is 5.97 Å². The van der Waals surface area contributed by atoms with Crippen molar-refractivity contribution in [3.05, 3.63) is 0 Å². The third-order valence-corrected chi connectivity index (χ3v) is 2.95. The maximum Gasteiger partial charge on any atom is 0.308 e. The van der Waals surface area contributed by atoms with Crippen molar-refractivity contribution < 1.29 is 9.90 Å². The number of nitrogens with one attached hydrogen (secondary N) is 1. The predicted octanol–water partition coefficient (Wildman–Crippen LogP) is 0.849. The molecule has 0 radical (unpaired) electrons. The SMILES string of the molecule is O=C(O)[C@H]1CCCN[C@H]1C1CC1. The Bertz CT molecular complexity index is 189. The van der Waals surface area contributed by atoms with Crippen LogP contribution in [0.4, 0.5) is 0 Å². The van der Waals surface area contributed by atoms with E-state index in [-0.39, 0.29) is 12.0 Å². The minimum absolute atomic E-state index is 0.119. The van der Waals surface area contributed by atoms with E-state index in [1.54, 1.807) is 0 Å². The molecule has 2 atom stereocenters. The molecule has 0 unspecified atom stereocenters. The molecule has 1 heterocycles. The summed E-state index contributed by atoms with van der Waals surface area (Å²) in [5, 5.41) is 12.3. The lowest BCUT2D eigenvalue weighted by Gasteiger charge is -2.29. The molecule has 0 aromatic rings. The molecule has 3 heteroatoms. The number of aliphatic carboxylic acids is 1. The molecule has 2 fully saturated rings. The zero-order chi connectivity index (χ0) is 8.55. The van der Waals surface area contributed by atoms with Gasteiger partial charge >= 0.3 is 5.97 Å². The highest BCUT2D eigenvalue weighted by molar-refractivity contribution is 5.71. The molecule has 0 bridgehead atoms. The minimum Gasteiger partial charge on any atom is -0.481 e. The maximum atomic E-state index is 10.9. The zero-order valence-corrected chi connectivity index (χ0v) is 7.12. The molecule has 0 aromatic carbocycles. The summed E-state index contributed by atoms with van der Waals surface area (Å²) in [6, 6.07) is 0.274. The van der Waals surface area contributed by atoms with E-state index in [1.807, 2.05) is 0 Å². The average Bonchev–Trinajstić information content (AvgIpc) is 2.87. The van der Waals surface area contributed by atoms with Crippen LogP contribution in [-0.2, 0) is 4.79 Å². The van der Waals surface area contributed by atoms with E-state index in [0.29, 0.717) is 5.92 Å². The van der Waals surface area contributed by atoms with Crippen molar-refractivity contribution in [3.63, 3.8) is 0 Å². The lowest BCUT2D eigenvalue weighted by Crippen LogP contribution is -2.46. The van der Waals surface area contributed by atoms with Crippen LogP contribution in [0.1, 0.15) is 25.7 Å². The monoisotopic (exact) mass is 169 g/mol. The van der Waals surface area contributed by atoms with Crippen LogP contribution in [0.15, 0.2) is 0 Å². The number of piperidine rings is 1. The summed E-state index contributed by atoms with van der Waals surface area (Å²) in [4.78, 5) is 10.9. The normalized spacial score (nSPS) is 36.3. The number of hydrogen-bond donors (Lipinski definition) is 2. The molecule has 0 spiro atoms. The van der Waals surface area contributed by atoms with E-state index in [0.717, 1.165) is 19.4 Å². The lowest BCUT2D eigenvalue weighted by molar-refractivity contribution is -0.143. The van der Waals surface area contributed by atoms with Crippen LogP contribution >= 0.6 is 0 Å². The fourth-order valence-corrected chi connectivity index (χ4v) is 2.14. The van der Waals surface area contributed by atoms with Gasteiger partial charge in [-0.3, -0.25) is 4.79 Å². The van der Waals surface area contributed by atoms with Crippen LogP contribution < -0.4 is 5.32 Å². The number of hydrogen-bond acceptors (Lipinski definition) is 2. The van der Waals surface area contributed by atoms with Gasteiger partial charge in [0.25, 0.3) is 0 Å². The van der Waals surface area contributed by atoms with Gasteiger partial charge in [0, 0.05) is 6.04 Å². The first-order valence-electron chi connectivity index (χ1n) is 4.75. The Hall–Kier alpha value is -0.570. The first-order valence-corrected chi connectivity index (χ1v) is 4.75. The number of carbonyl (C=O) groups is 1. The van der Waals surface area contributed by atoms with Crippen molar-refractivity contribution in [2.45, 2.75) is 31.7 Å². The molecule has 0 aromatic heterocycles. The summed E-state index contributed by atoms with van der Waals surface area (Å²) in [7, 11) is 0. The van der Waals surface area contributed by atoms with Crippen LogP contribution in [0.2, 0.25) is 0 Å². The molecular formula is C9H15NO2. The van der Waals surface area contributed by atoms with Crippen molar-refractivity contribution in [1.29, 1.82) is 0 Å². The second-order valence-corrected chi connectivity index (χ2v) is 3.90. The third kappa shape index (κ3) is 1.46. The highest BCUT2D eigenvalue weighted by Gasteiger charge is 2.40. The van der Waals surface area contributed by atoms with Crippen molar-refractivity contribution in [2.24, 2.45) is 11.8 Å². The third-order valence-electron chi connectivity index (χ3n) is 2.95. The highest BCUT2D eigenvalue weighted by Crippen LogP contribution is 2.38. The first kappa shape index (κ1) is 8.05. The van der Waals surface area contributed by atoms with Gasteiger partial charge in [0.1, 0.15) is 0 Å². The lowest BCUT2D eigenvalue weighted by atomic mass is 9.88. The summed E-state index contributed by atoms with van der Waals surface area (Å²) < 4.78 is 0. The quantitative estimate of drug-likeness (QED) is 0.644. The van der Waals surface area contributed by atoms with Gasteiger partial charge < -0.3 is 10.4 Å². The fraction of sp³-hybridized carbons (Fsp3) is 0.889. The second kappa shape index (κ2) is 3.05. The molecule has 1 aliphatic heterocycles. The van der Waals surface area contributed by atoms with Gasteiger partial charge in [0.05, 0.1) is 5.92 Å². The Morgan fingerprint density at radius 2 is 2.08 bits per heavy atom. The van der Waals surface area contributed by atoms with E-state index in [2.05, 4.69) is 5.32 Å². The number of rotatable bonds is 2. The van der Waals surface area contributed by atoms with E-state index in [9.17, 15) is 4.79 Å². The van der Waals surface area contributed by atoms with Gasteiger partial charge in [0.15, 0.2) is 0 Å². The van der Waals surface area contributed by atoms with Gasteiger partial charge in [-0.2, -0.15) is 0 Å². The largest absolute Gasteiger partial charge is 0.481 e. The Morgan fingerprint density at radius 1 is 1.33 bits per heavy atom. The van der Waals surface area contributed by atoms with Gasteiger partial charge in [0.2, 0.25) is 0 Å². The first-order chi connectivity index (χ1) is 5.79. The van der Waals surface area contributed by atoms with Gasteiger partial charge in [-0.15, -0.1) is 0 Å². The Morgan fingerprint density at radius 3 is 2.67 bits per heavy atom. The Kier molecular flexibility index (Phi) is 2.05. The van der Waals surface area contributed by atoms with Crippen molar-refractivity contribution in [1.82, 2.24) is 5.32 Å². The molecule has 2 rings (SSSR count). The molecular weight excluding hydrogens is 154 g/mol. The molecule has 2 N–H and O–H groups in total. The molecule has 2 aliphatic rings. The minimum atomic E-state index is -0.612. The standard InChI is InChI=1S/C9H15NO2/c11-9(12)7-2-1-5-10-8(7)6-3-4-6/h6-8,10H,1-5H2,(H,11,12)/t7-,8-/m0/s1. The summed E-state index contributed by atoms with van der Waals surface area (Å²) in [6.07, 6.45) is 4.33. The zero-order valence-electron chi connectivity index (χ0n) is 7.12. The van der Waals surface area contributed by atoms with Gasteiger partial charge in [-0.1, -0.05) is 0 Å². The molecule has 1 saturated heterocycles. The number of carboxylic acid groups (broad SMARTS) is 1. The summed E-state index contributed by atoms with van der Waals surface area (Å²) in [6.45, 7) is 1.00. The molecule has 3 nitrogen and oxygen atoms in total. The van der Waals surface area contributed by atoms with Crippen LogP contribution in [0.3, 0.4) is 0 Å². The fourth-order valence-electron chi connectivity index (χ4n) is 2.14. The molecule has 1 saturated carbocycles. The molecule has 68 valence electrons. The summed E-state index contributed by atoms with van der Waals surface area (Å²) in [5.41, 5.74) is 0. The Balaban J connectivity index is 2.00. The van der Waals surface area contributed by atoms with Crippen LogP contribution in [-0.4, -0.2) is 23.7 Å². The van der Waals surface area contributed by atoms with Gasteiger partial charge in [-0.05, 0) is 38.1 Å². The topological polar surface area (TPSA) is 49.3 Å². The van der Waals surface area contributed by atoms with E-state index >= 15 is 0 Å². The summed E-state index contributed by atoms with van der Waals surface area (Å²) in [5.74, 6) is -0.0725. The molecule has 12 heavy (non-hydrogen) atoms. The average molecular weight is 169 g/mol. The van der Waals surface area contributed by atoms with Crippen molar-refractivity contribution in [3.8, 4) is 0 Å². The van der Waals surface area contributed by atoms with Crippen molar-refractivity contribution in [2.75, 3.05) is 6.54 Å². The second-order valence-electron chi connectivity index (χ2n) is 3.90. The smallest absolute Gasteiger partial charge is 0.308 e. The van der Waals surface area contributed by atoms with Gasteiger partial charge in [-0.25, -0.2) is 0 Å². The maximum absolute atomic E-state index is 10.9. The molecule has 1 aliphatic carbocycles. The Labute approximate surface area is 72.2 Å². The van der Waals surface area contributed by atoms with Crippen LogP contribution in [0, 0.1) is 11.8 Å². The van der Waals surface area contributed by atoms with E-state index in [1.165, 1.54) is 12.8 Å². The molecule has 0 amide bonds.